The predicted molar refractivity (Wildman–Crippen MR) is 75.6 cm³/mol. The van der Waals surface area contributed by atoms with Gasteiger partial charge in [0.15, 0.2) is 0 Å². The quantitative estimate of drug-likeness (QED) is 0.858. The second kappa shape index (κ2) is 5.41. The highest BCUT2D eigenvalue weighted by Crippen LogP contribution is 2.33. The molecule has 0 amide bonds. The molecule has 0 spiro atoms. The van der Waals surface area contributed by atoms with Gasteiger partial charge in [-0.3, -0.25) is 0 Å². The zero-order valence-corrected chi connectivity index (χ0v) is 11.1. The summed E-state index contributed by atoms with van der Waals surface area (Å²) in [6, 6.07) is 9.36. The second-order valence-corrected chi connectivity index (χ2v) is 5.95. The summed E-state index contributed by atoms with van der Waals surface area (Å²) in [5.74, 6) is 1.43. The summed E-state index contributed by atoms with van der Waals surface area (Å²) in [7, 11) is 0. The number of rotatable bonds is 3. The van der Waals surface area contributed by atoms with Gasteiger partial charge in [0.1, 0.15) is 0 Å². The van der Waals surface area contributed by atoms with Crippen molar-refractivity contribution >= 4 is 0 Å². The SMILES string of the molecule is NC(c1ccc(C2CCCCC2)cc1)C1CNC1. The molecule has 1 aliphatic heterocycles. The van der Waals surface area contributed by atoms with E-state index in [1.807, 2.05) is 0 Å². The van der Waals surface area contributed by atoms with E-state index >= 15 is 0 Å². The van der Waals surface area contributed by atoms with Gasteiger partial charge in [0.05, 0.1) is 0 Å². The van der Waals surface area contributed by atoms with E-state index in [0.29, 0.717) is 5.92 Å². The van der Waals surface area contributed by atoms with Crippen LogP contribution in [0.4, 0.5) is 0 Å². The third-order valence-corrected chi connectivity index (χ3v) is 4.72. The van der Waals surface area contributed by atoms with Gasteiger partial charge in [-0.2, -0.15) is 0 Å². The van der Waals surface area contributed by atoms with Crippen molar-refractivity contribution in [3.8, 4) is 0 Å². The van der Waals surface area contributed by atoms with Crippen molar-refractivity contribution in [2.75, 3.05) is 13.1 Å². The van der Waals surface area contributed by atoms with Crippen molar-refractivity contribution in [3.63, 3.8) is 0 Å². The van der Waals surface area contributed by atoms with Crippen molar-refractivity contribution in [2.45, 2.75) is 44.1 Å². The first kappa shape index (κ1) is 12.2. The van der Waals surface area contributed by atoms with Crippen LogP contribution < -0.4 is 11.1 Å². The summed E-state index contributed by atoms with van der Waals surface area (Å²) in [5, 5.41) is 3.29. The Labute approximate surface area is 110 Å². The van der Waals surface area contributed by atoms with Crippen LogP contribution >= 0.6 is 0 Å². The number of nitrogens with two attached hydrogens (primary N) is 1. The van der Waals surface area contributed by atoms with Crippen molar-refractivity contribution < 1.29 is 0 Å². The van der Waals surface area contributed by atoms with Gasteiger partial charge in [0.2, 0.25) is 0 Å². The molecule has 1 atom stereocenters. The van der Waals surface area contributed by atoms with Crippen LogP contribution in [0.15, 0.2) is 24.3 Å². The average Bonchev–Trinajstić information content (AvgIpc) is 2.38. The van der Waals surface area contributed by atoms with Crippen molar-refractivity contribution in [1.82, 2.24) is 5.32 Å². The largest absolute Gasteiger partial charge is 0.324 e. The summed E-state index contributed by atoms with van der Waals surface area (Å²) in [5.41, 5.74) is 9.12. The van der Waals surface area contributed by atoms with Crippen molar-refractivity contribution in [2.24, 2.45) is 11.7 Å². The minimum absolute atomic E-state index is 0.214. The monoisotopic (exact) mass is 244 g/mol. The summed E-state index contributed by atoms with van der Waals surface area (Å²) in [6.45, 7) is 2.15. The van der Waals surface area contributed by atoms with Gasteiger partial charge in [0, 0.05) is 25.0 Å². The zero-order chi connectivity index (χ0) is 12.4. The van der Waals surface area contributed by atoms with E-state index in [2.05, 4.69) is 29.6 Å². The molecular formula is C16H24N2. The molecule has 18 heavy (non-hydrogen) atoms. The maximum Gasteiger partial charge on any atom is 0.0347 e. The van der Waals surface area contributed by atoms with Crippen LogP contribution in [0, 0.1) is 5.92 Å². The minimum Gasteiger partial charge on any atom is -0.324 e. The molecule has 2 fully saturated rings. The molecule has 2 nitrogen and oxygen atoms in total. The number of hydrogen-bond donors (Lipinski definition) is 2. The van der Waals surface area contributed by atoms with E-state index in [4.69, 9.17) is 5.73 Å². The fourth-order valence-electron chi connectivity index (χ4n) is 3.26. The van der Waals surface area contributed by atoms with E-state index < -0.39 is 0 Å². The van der Waals surface area contributed by atoms with Crippen LogP contribution in [0.25, 0.3) is 0 Å². The molecule has 1 saturated heterocycles. The molecule has 0 radical (unpaired) electrons. The van der Waals surface area contributed by atoms with Crippen LogP contribution in [-0.4, -0.2) is 13.1 Å². The third kappa shape index (κ3) is 2.45. The average molecular weight is 244 g/mol. The Kier molecular flexibility index (Phi) is 3.67. The van der Waals surface area contributed by atoms with E-state index in [9.17, 15) is 0 Å². The van der Waals surface area contributed by atoms with Crippen LogP contribution in [0.5, 0.6) is 0 Å². The molecule has 2 heteroatoms. The minimum atomic E-state index is 0.214. The lowest BCUT2D eigenvalue weighted by atomic mass is 9.83. The van der Waals surface area contributed by atoms with Crippen molar-refractivity contribution in [1.29, 1.82) is 0 Å². The first-order valence-electron chi connectivity index (χ1n) is 7.41. The van der Waals surface area contributed by atoms with Gasteiger partial charge in [-0.25, -0.2) is 0 Å². The molecule has 1 heterocycles. The Balaban J connectivity index is 1.67. The highest BCUT2D eigenvalue weighted by Gasteiger charge is 2.25. The van der Waals surface area contributed by atoms with Gasteiger partial charge < -0.3 is 11.1 Å². The molecule has 1 aliphatic carbocycles. The number of nitrogens with one attached hydrogen (secondary N) is 1. The Hall–Kier alpha value is -0.860. The second-order valence-electron chi connectivity index (χ2n) is 5.95. The standard InChI is InChI=1S/C16H24N2/c17-16(15-10-18-11-15)14-8-6-13(7-9-14)12-4-2-1-3-5-12/h6-9,12,15-16,18H,1-5,10-11,17H2. The Morgan fingerprint density at radius 3 is 2.22 bits per heavy atom. The van der Waals surface area contributed by atoms with E-state index in [1.165, 1.54) is 43.2 Å². The molecule has 1 saturated carbocycles. The van der Waals surface area contributed by atoms with Crippen LogP contribution in [-0.2, 0) is 0 Å². The normalized spacial score (nSPS) is 23.6. The Bertz CT molecular complexity index is 354. The molecule has 98 valence electrons. The van der Waals surface area contributed by atoms with Crippen molar-refractivity contribution in [3.05, 3.63) is 35.4 Å². The molecule has 3 rings (SSSR count). The molecule has 1 aromatic carbocycles. The van der Waals surface area contributed by atoms with E-state index in [1.54, 1.807) is 0 Å². The van der Waals surface area contributed by atoms with Crippen LogP contribution in [0.2, 0.25) is 0 Å². The van der Waals surface area contributed by atoms with Gasteiger partial charge in [-0.1, -0.05) is 43.5 Å². The topological polar surface area (TPSA) is 38.0 Å². The Morgan fingerprint density at radius 2 is 1.67 bits per heavy atom. The molecule has 1 aromatic rings. The van der Waals surface area contributed by atoms with Gasteiger partial charge in [0.25, 0.3) is 0 Å². The molecule has 3 N–H and O–H groups in total. The maximum atomic E-state index is 6.29. The molecule has 1 unspecified atom stereocenters. The summed E-state index contributed by atoms with van der Waals surface area (Å²) >= 11 is 0. The van der Waals surface area contributed by atoms with Crippen LogP contribution in [0.3, 0.4) is 0 Å². The third-order valence-electron chi connectivity index (χ3n) is 4.72. The summed E-state index contributed by atoms with van der Waals surface area (Å²) in [4.78, 5) is 0. The Morgan fingerprint density at radius 1 is 1.00 bits per heavy atom. The number of benzene rings is 1. The molecule has 2 aliphatic rings. The molecule has 0 bridgehead atoms. The summed E-state index contributed by atoms with van der Waals surface area (Å²) in [6.07, 6.45) is 6.98. The molecular weight excluding hydrogens is 220 g/mol. The first-order chi connectivity index (χ1) is 8.84. The maximum absolute atomic E-state index is 6.29. The van der Waals surface area contributed by atoms with Gasteiger partial charge in [-0.15, -0.1) is 0 Å². The predicted octanol–water partition coefficient (Wildman–Crippen LogP) is 2.95. The lowest BCUT2D eigenvalue weighted by Gasteiger charge is -2.33. The first-order valence-corrected chi connectivity index (χ1v) is 7.41. The zero-order valence-electron chi connectivity index (χ0n) is 11.1. The fourth-order valence-corrected chi connectivity index (χ4v) is 3.26. The highest BCUT2D eigenvalue weighted by molar-refractivity contribution is 5.28. The summed E-state index contributed by atoms with van der Waals surface area (Å²) < 4.78 is 0. The molecule has 0 aromatic heterocycles. The van der Waals surface area contributed by atoms with Gasteiger partial charge in [-0.05, 0) is 29.9 Å². The lowest BCUT2D eigenvalue weighted by molar-refractivity contribution is 0.295. The lowest BCUT2D eigenvalue weighted by Crippen LogP contribution is -2.47. The van der Waals surface area contributed by atoms with E-state index in [-0.39, 0.29) is 6.04 Å². The smallest absolute Gasteiger partial charge is 0.0347 e. The highest BCUT2D eigenvalue weighted by atomic mass is 15.0. The van der Waals surface area contributed by atoms with Crippen LogP contribution in [0.1, 0.15) is 55.2 Å². The van der Waals surface area contributed by atoms with E-state index in [0.717, 1.165) is 19.0 Å². The van der Waals surface area contributed by atoms with Gasteiger partial charge >= 0.3 is 0 Å². The number of hydrogen-bond acceptors (Lipinski definition) is 2. The fraction of sp³-hybridized carbons (Fsp3) is 0.625.